The predicted molar refractivity (Wildman–Crippen MR) is 55.2 cm³/mol. The summed E-state index contributed by atoms with van der Waals surface area (Å²) < 4.78 is 31.0. The molecule has 0 amide bonds. The molecule has 0 aliphatic carbocycles. The molecule has 0 saturated carbocycles. The summed E-state index contributed by atoms with van der Waals surface area (Å²) in [5, 5.41) is 0. The minimum atomic E-state index is -4.10. The van der Waals surface area contributed by atoms with Crippen LogP contribution in [-0.2, 0) is 10.1 Å². The van der Waals surface area contributed by atoms with Gasteiger partial charge in [0, 0.05) is 0 Å². The van der Waals surface area contributed by atoms with Crippen molar-refractivity contribution in [2.24, 2.45) is 0 Å². The minimum Gasteiger partial charge on any atom is -0.282 e. The van der Waals surface area contributed by atoms with Crippen molar-refractivity contribution in [1.82, 2.24) is 0 Å². The van der Waals surface area contributed by atoms with E-state index in [1.54, 1.807) is 6.92 Å². The third-order valence-corrected chi connectivity index (χ3v) is 3.69. The van der Waals surface area contributed by atoms with Crippen LogP contribution >= 0.6 is 0 Å². The Morgan fingerprint density at radius 2 is 1.50 bits per heavy atom. The molecule has 0 fully saturated rings. The van der Waals surface area contributed by atoms with Gasteiger partial charge in [0.15, 0.2) is 0 Å². The van der Waals surface area contributed by atoms with E-state index in [1.807, 2.05) is 20.8 Å². The van der Waals surface area contributed by atoms with E-state index in [-0.39, 0.29) is 4.90 Å². The summed E-state index contributed by atoms with van der Waals surface area (Å²) in [5.74, 6) is 0. The first-order chi connectivity index (χ1) is 6.25. The lowest BCUT2D eigenvalue weighted by Gasteiger charge is -2.11. The van der Waals surface area contributed by atoms with Gasteiger partial charge < -0.3 is 0 Å². The van der Waals surface area contributed by atoms with Gasteiger partial charge in [0.2, 0.25) is 0 Å². The zero-order valence-corrected chi connectivity index (χ0v) is 9.57. The molecule has 0 atom stereocenters. The summed E-state index contributed by atoms with van der Waals surface area (Å²) >= 11 is 0. The second kappa shape index (κ2) is 3.37. The van der Waals surface area contributed by atoms with Crippen LogP contribution in [0.25, 0.3) is 0 Å². The van der Waals surface area contributed by atoms with Crippen LogP contribution in [0.1, 0.15) is 22.3 Å². The molecule has 1 aromatic carbocycles. The largest absolute Gasteiger partial charge is 0.294 e. The van der Waals surface area contributed by atoms with Crippen LogP contribution in [0, 0.1) is 27.7 Å². The van der Waals surface area contributed by atoms with Crippen LogP contribution in [-0.4, -0.2) is 13.0 Å². The molecular formula is C10H14O3S. The first-order valence-corrected chi connectivity index (χ1v) is 5.74. The van der Waals surface area contributed by atoms with Gasteiger partial charge in [0.1, 0.15) is 0 Å². The van der Waals surface area contributed by atoms with Gasteiger partial charge in [-0.2, -0.15) is 8.42 Å². The lowest BCUT2D eigenvalue weighted by molar-refractivity contribution is 0.482. The Bertz CT molecular complexity index is 473. The van der Waals surface area contributed by atoms with Gasteiger partial charge in [-0.25, -0.2) is 0 Å². The monoisotopic (exact) mass is 214 g/mol. The van der Waals surface area contributed by atoms with Crippen molar-refractivity contribution in [3.8, 4) is 0 Å². The number of benzene rings is 1. The highest BCUT2D eigenvalue weighted by Crippen LogP contribution is 2.24. The van der Waals surface area contributed by atoms with E-state index >= 15 is 0 Å². The van der Waals surface area contributed by atoms with E-state index in [4.69, 9.17) is 4.55 Å². The summed E-state index contributed by atoms with van der Waals surface area (Å²) in [6.45, 7) is 7.32. The van der Waals surface area contributed by atoms with E-state index in [2.05, 4.69) is 0 Å². The summed E-state index contributed by atoms with van der Waals surface area (Å²) in [5.41, 5.74) is 3.48. The maximum absolute atomic E-state index is 11.0. The SMILES string of the molecule is Cc1cc(S(=O)(=O)O)c(C)c(C)c1C. The molecule has 1 aromatic rings. The molecule has 0 heterocycles. The van der Waals surface area contributed by atoms with Crippen molar-refractivity contribution in [2.75, 3.05) is 0 Å². The zero-order valence-electron chi connectivity index (χ0n) is 8.75. The topological polar surface area (TPSA) is 54.4 Å². The van der Waals surface area contributed by atoms with Crippen molar-refractivity contribution >= 4 is 10.1 Å². The summed E-state index contributed by atoms with van der Waals surface area (Å²) in [6, 6.07) is 1.51. The standard InChI is InChI=1S/C10H14O3S/c1-6-5-10(14(11,12)13)9(4)8(3)7(6)2/h5H,1-4H3,(H,11,12,13). The van der Waals surface area contributed by atoms with Crippen LogP contribution in [0.4, 0.5) is 0 Å². The molecule has 0 aliphatic rings. The number of rotatable bonds is 1. The van der Waals surface area contributed by atoms with Gasteiger partial charge in [-0.1, -0.05) is 0 Å². The maximum atomic E-state index is 11.0. The molecule has 0 radical (unpaired) electrons. The fraction of sp³-hybridized carbons (Fsp3) is 0.400. The van der Waals surface area contributed by atoms with Gasteiger partial charge in [0.25, 0.3) is 10.1 Å². The Morgan fingerprint density at radius 3 is 1.93 bits per heavy atom. The van der Waals surface area contributed by atoms with Crippen LogP contribution in [0.3, 0.4) is 0 Å². The Balaban J connectivity index is 3.66. The molecule has 78 valence electrons. The number of hydrogen-bond donors (Lipinski definition) is 1. The lowest BCUT2D eigenvalue weighted by Crippen LogP contribution is -2.04. The van der Waals surface area contributed by atoms with E-state index in [9.17, 15) is 8.42 Å². The van der Waals surface area contributed by atoms with Crippen molar-refractivity contribution in [3.63, 3.8) is 0 Å². The maximum Gasteiger partial charge on any atom is 0.294 e. The highest BCUT2D eigenvalue weighted by Gasteiger charge is 2.16. The first kappa shape index (κ1) is 11.2. The quantitative estimate of drug-likeness (QED) is 0.729. The molecule has 0 saturated heterocycles. The first-order valence-electron chi connectivity index (χ1n) is 4.30. The van der Waals surface area contributed by atoms with E-state index in [1.165, 1.54) is 6.07 Å². The Labute approximate surface area is 84.5 Å². The predicted octanol–water partition coefficient (Wildman–Crippen LogP) is 2.17. The van der Waals surface area contributed by atoms with Gasteiger partial charge >= 0.3 is 0 Å². The molecule has 4 heteroatoms. The van der Waals surface area contributed by atoms with E-state index < -0.39 is 10.1 Å². The summed E-state index contributed by atoms with van der Waals surface area (Å²) in [4.78, 5) is 0.0121. The number of hydrogen-bond acceptors (Lipinski definition) is 2. The van der Waals surface area contributed by atoms with Gasteiger partial charge in [0.05, 0.1) is 4.90 Å². The van der Waals surface area contributed by atoms with Gasteiger partial charge in [-0.05, 0) is 56.0 Å². The fourth-order valence-electron chi connectivity index (χ4n) is 1.44. The van der Waals surface area contributed by atoms with Crippen LogP contribution < -0.4 is 0 Å². The Kier molecular flexibility index (Phi) is 2.69. The van der Waals surface area contributed by atoms with Crippen molar-refractivity contribution in [3.05, 3.63) is 28.3 Å². The minimum absolute atomic E-state index is 0.0121. The normalized spacial score (nSPS) is 11.8. The van der Waals surface area contributed by atoms with Crippen LogP contribution in [0.15, 0.2) is 11.0 Å². The second-order valence-corrected chi connectivity index (χ2v) is 4.93. The molecular weight excluding hydrogens is 200 g/mol. The summed E-state index contributed by atoms with van der Waals surface area (Å²) in [6.07, 6.45) is 0. The van der Waals surface area contributed by atoms with E-state index in [0.717, 1.165) is 16.7 Å². The van der Waals surface area contributed by atoms with Crippen LogP contribution in [0.5, 0.6) is 0 Å². The lowest BCUT2D eigenvalue weighted by atomic mass is 10.00. The van der Waals surface area contributed by atoms with Gasteiger partial charge in [-0.3, -0.25) is 4.55 Å². The Morgan fingerprint density at radius 1 is 1.00 bits per heavy atom. The molecule has 0 bridgehead atoms. The molecule has 0 unspecified atom stereocenters. The second-order valence-electron chi connectivity index (χ2n) is 3.54. The average Bonchev–Trinajstić information content (AvgIpc) is 2.06. The fourth-order valence-corrected chi connectivity index (χ4v) is 2.31. The smallest absolute Gasteiger partial charge is 0.282 e. The van der Waals surface area contributed by atoms with Crippen LogP contribution in [0.2, 0.25) is 0 Å². The molecule has 3 nitrogen and oxygen atoms in total. The summed E-state index contributed by atoms with van der Waals surface area (Å²) in [7, 11) is -4.10. The zero-order chi connectivity index (χ0) is 11.1. The molecule has 1 rings (SSSR count). The van der Waals surface area contributed by atoms with Crippen molar-refractivity contribution < 1.29 is 13.0 Å². The highest BCUT2D eigenvalue weighted by molar-refractivity contribution is 7.85. The highest BCUT2D eigenvalue weighted by atomic mass is 32.2. The molecule has 0 aromatic heterocycles. The van der Waals surface area contributed by atoms with E-state index in [0.29, 0.717) is 5.56 Å². The third-order valence-electron chi connectivity index (χ3n) is 2.71. The molecule has 0 aliphatic heterocycles. The van der Waals surface area contributed by atoms with Crippen molar-refractivity contribution in [1.29, 1.82) is 0 Å². The molecule has 0 spiro atoms. The number of aryl methyl sites for hydroxylation is 1. The average molecular weight is 214 g/mol. The third kappa shape index (κ3) is 1.81. The molecule has 1 N–H and O–H groups in total. The Hall–Kier alpha value is -0.870. The van der Waals surface area contributed by atoms with Gasteiger partial charge in [-0.15, -0.1) is 0 Å². The molecule has 14 heavy (non-hydrogen) atoms. The van der Waals surface area contributed by atoms with Crippen molar-refractivity contribution in [2.45, 2.75) is 32.6 Å².